The Kier molecular flexibility index (Phi) is 4.36. The standard InChI is InChI=1S/C22H28N4O3S/c1-12-17-19(23-11-24(4)20(17)28)30-18(12)21(29)25-10-14-9-22(3)15(25)7-5-6-8-16(22)26(14)13(2)27/h11,14-16H,5-10H2,1-4H3/t14-,15+,16-,22+/m0/s1. The average Bonchev–Trinajstić information content (AvgIpc) is 3.08. The van der Waals surface area contributed by atoms with E-state index >= 15 is 0 Å². The van der Waals surface area contributed by atoms with Crippen molar-refractivity contribution in [2.24, 2.45) is 12.5 Å². The van der Waals surface area contributed by atoms with Crippen molar-refractivity contribution in [1.29, 1.82) is 0 Å². The largest absolute Gasteiger partial charge is 0.335 e. The number of amides is 2. The molecule has 3 fully saturated rings. The molecular weight excluding hydrogens is 400 g/mol. The summed E-state index contributed by atoms with van der Waals surface area (Å²) in [5.41, 5.74) is 0.542. The fourth-order valence-electron chi connectivity index (χ4n) is 6.41. The van der Waals surface area contributed by atoms with Gasteiger partial charge in [0.1, 0.15) is 4.83 Å². The lowest BCUT2D eigenvalue weighted by Gasteiger charge is -2.46. The van der Waals surface area contributed by atoms with Gasteiger partial charge in [0.15, 0.2) is 0 Å². The topological polar surface area (TPSA) is 75.5 Å². The Labute approximate surface area is 179 Å². The number of carbonyl (C=O) groups excluding carboxylic acids is 2. The Morgan fingerprint density at radius 1 is 1.23 bits per heavy atom. The summed E-state index contributed by atoms with van der Waals surface area (Å²) in [4.78, 5) is 48.7. The van der Waals surface area contributed by atoms with Crippen LogP contribution in [-0.2, 0) is 11.8 Å². The number of piperidine rings is 1. The highest BCUT2D eigenvalue weighted by Gasteiger charge is 2.60. The molecule has 2 bridgehead atoms. The highest BCUT2D eigenvalue weighted by atomic mass is 32.1. The number of aryl methyl sites for hydroxylation is 2. The second-order valence-electron chi connectivity index (χ2n) is 9.46. The third-order valence-corrected chi connectivity index (χ3v) is 8.93. The Bertz CT molecular complexity index is 1120. The van der Waals surface area contributed by atoms with Crippen molar-refractivity contribution in [1.82, 2.24) is 19.4 Å². The SMILES string of the molecule is CC(=O)N1[C@@H]2CN(C(=O)c3sc4ncn(C)c(=O)c4c3C)[C@@H]3CCCC[C@H]1[C@]3(C)C2. The van der Waals surface area contributed by atoms with E-state index in [2.05, 4.69) is 16.8 Å². The molecule has 1 saturated carbocycles. The first kappa shape index (κ1) is 19.7. The molecule has 7 nitrogen and oxygen atoms in total. The van der Waals surface area contributed by atoms with Gasteiger partial charge in [0, 0.05) is 38.0 Å². The van der Waals surface area contributed by atoms with Crippen LogP contribution in [0.4, 0.5) is 0 Å². The third kappa shape index (κ3) is 2.55. The van der Waals surface area contributed by atoms with Crippen molar-refractivity contribution in [3.63, 3.8) is 0 Å². The van der Waals surface area contributed by atoms with Crippen LogP contribution in [0.25, 0.3) is 10.2 Å². The lowest BCUT2D eigenvalue weighted by atomic mass is 9.71. The second kappa shape index (κ2) is 6.64. The van der Waals surface area contributed by atoms with Crippen LogP contribution >= 0.6 is 11.3 Å². The van der Waals surface area contributed by atoms with E-state index in [0.29, 0.717) is 21.6 Å². The van der Waals surface area contributed by atoms with Gasteiger partial charge in [0.05, 0.1) is 22.6 Å². The molecule has 0 aromatic carbocycles. The molecule has 8 heteroatoms. The predicted molar refractivity (Wildman–Crippen MR) is 116 cm³/mol. The van der Waals surface area contributed by atoms with Crippen LogP contribution in [0.3, 0.4) is 0 Å². The van der Waals surface area contributed by atoms with Gasteiger partial charge >= 0.3 is 0 Å². The lowest BCUT2D eigenvalue weighted by molar-refractivity contribution is -0.132. The van der Waals surface area contributed by atoms with E-state index in [-0.39, 0.29) is 40.9 Å². The molecule has 30 heavy (non-hydrogen) atoms. The molecule has 0 spiro atoms. The Hall–Kier alpha value is -2.22. The third-order valence-electron chi connectivity index (χ3n) is 7.75. The predicted octanol–water partition coefficient (Wildman–Crippen LogP) is 2.70. The van der Waals surface area contributed by atoms with E-state index in [9.17, 15) is 14.4 Å². The zero-order valence-corrected chi connectivity index (χ0v) is 18.8. The van der Waals surface area contributed by atoms with Crippen molar-refractivity contribution in [3.8, 4) is 0 Å². The van der Waals surface area contributed by atoms with Crippen LogP contribution in [0, 0.1) is 12.3 Å². The summed E-state index contributed by atoms with van der Waals surface area (Å²) >= 11 is 1.32. The molecular formula is C22H28N4O3S. The number of hydrogen-bond donors (Lipinski definition) is 0. The molecule has 2 saturated heterocycles. The van der Waals surface area contributed by atoms with E-state index in [4.69, 9.17) is 0 Å². The second-order valence-corrected chi connectivity index (χ2v) is 10.5. The minimum absolute atomic E-state index is 0.00969. The summed E-state index contributed by atoms with van der Waals surface area (Å²) in [6.07, 6.45) is 6.65. The van der Waals surface area contributed by atoms with E-state index in [0.717, 1.165) is 37.7 Å². The van der Waals surface area contributed by atoms with E-state index in [1.807, 2.05) is 11.8 Å². The zero-order chi connectivity index (χ0) is 21.4. The van der Waals surface area contributed by atoms with Gasteiger partial charge in [-0.25, -0.2) is 4.98 Å². The van der Waals surface area contributed by atoms with Crippen LogP contribution < -0.4 is 5.56 Å². The first-order valence-corrected chi connectivity index (χ1v) is 11.6. The summed E-state index contributed by atoms with van der Waals surface area (Å²) in [5, 5.41) is 0.545. The minimum atomic E-state index is -0.115. The van der Waals surface area contributed by atoms with Gasteiger partial charge in [0.25, 0.3) is 11.5 Å². The summed E-state index contributed by atoms with van der Waals surface area (Å²) in [7, 11) is 1.68. The lowest BCUT2D eigenvalue weighted by Crippen LogP contribution is -2.55. The number of fused-ring (bicyclic) bond motifs is 2. The molecule has 0 unspecified atom stereocenters. The van der Waals surface area contributed by atoms with Crippen molar-refractivity contribution >= 4 is 33.4 Å². The van der Waals surface area contributed by atoms with Gasteiger partial charge in [-0.2, -0.15) is 0 Å². The fraction of sp³-hybridized carbons (Fsp3) is 0.636. The van der Waals surface area contributed by atoms with Crippen LogP contribution in [0.15, 0.2) is 11.1 Å². The van der Waals surface area contributed by atoms with Gasteiger partial charge in [0.2, 0.25) is 5.91 Å². The monoisotopic (exact) mass is 428 g/mol. The zero-order valence-electron chi connectivity index (χ0n) is 18.0. The molecule has 1 aliphatic carbocycles. The molecule has 160 valence electrons. The number of hydrogen-bond acceptors (Lipinski definition) is 5. The van der Waals surface area contributed by atoms with Gasteiger partial charge in [-0.05, 0) is 31.7 Å². The van der Waals surface area contributed by atoms with E-state index in [1.165, 1.54) is 22.2 Å². The maximum Gasteiger partial charge on any atom is 0.264 e. The number of likely N-dealkylation sites (tertiary alicyclic amines) is 2. The van der Waals surface area contributed by atoms with Crippen LogP contribution in [0.2, 0.25) is 0 Å². The first-order valence-electron chi connectivity index (χ1n) is 10.8. The molecule has 4 atom stereocenters. The van der Waals surface area contributed by atoms with Gasteiger partial charge in [-0.1, -0.05) is 19.8 Å². The summed E-state index contributed by atoms with van der Waals surface area (Å²) in [6.45, 7) is 6.37. The van der Waals surface area contributed by atoms with Gasteiger partial charge in [-0.3, -0.25) is 14.4 Å². The molecule has 2 aromatic heterocycles. The van der Waals surface area contributed by atoms with Crippen molar-refractivity contribution in [3.05, 3.63) is 27.1 Å². The molecule has 3 aliphatic rings. The first-order chi connectivity index (χ1) is 14.2. The summed E-state index contributed by atoms with van der Waals surface area (Å²) < 4.78 is 1.46. The highest BCUT2D eigenvalue weighted by Crippen LogP contribution is 2.53. The van der Waals surface area contributed by atoms with E-state index < -0.39 is 0 Å². The van der Waals surface area contributed by atoms with Crippen LogP contribution in [0.5, 0.6) is 0 Å². The van der Waals surface area contributed by atoms with Crippen LogP contribution in [0.1, 0.15) is 61.2 Å². The molecule has 0 N–H and O–H groups in total. The number of aromatic nitrogens is 2. The molecule has 5 rings (SSSR count). The van der Waals surface area contributed by atoms with Gasteiger partial charge in [-0.15, -0.1) is 11.3 Å². The fourth-order valence-corrected chi connectivity index (χ4v) is 7.50. The van der Waals surface area contributed by atoms with Crippen LogP contribution in [-0.4, -0.2) is 55.8 Å². The molecule has 0 radical (unpaired) electrons. The maximum atomic E-state index is 13.8. The molecule has 2 aromatic rings. The Morgan fingerprint density at radius 2 is 1.93 bits per heavy atom. The Balaban J connectivity index is 1.60. The quantitative estimate of drug-likeness (QED) is 0.700. The van der Waals surface area contributed by atoms with Crippen molar-refractivity contribution < 1.29 is 9.59 Å². The maximum absolute atomic E-state index is 13.8. The van der Waals surface area contributed by atoms with Crippen molar-refractivity contribution in [2.45, 2.75) is 71.0 Å². The number of carbonyl (C=O) groups is 2. The summed E-state index contributed by atoms with van der Waals surface area (Å²) in [6, 6.07) is 0.415. The molecule has 2 aliphatic heterocycles. The average molecular weight is 429 g/mol. The normalized spacial score (nSPS) is 30.6. The molecule has 2 amide bonds. The molecule has 4 heterocycles. The smallest absolute Gasteiger partial charge is 0.264 e. The number of nitrogens with zero attached hydrogens (tertiary/aromatic N) is 4. The van der Waals surface area contributed by atoms with Gasteiger partial charge < -0.3 is 14.4 Å². The summed E-state index contributed by atoms with van der Waals surface area (Å²) in [5.74, 6) is 0.110. The minimum Gasteiger partial charge on any atom is -0.335 e. The number of thiophene rings is 1. The van der Waals surface area contributed by atoms with E-state index in [1.54, 1.807) is 14.0 Å². The number of rotatable bonds is 1. The highest BCUT2D eigenvalue weighted by molar-refractivity contribution is 7.20. The van der Waals surface area contributed by atoms with Crippen molar-refractivity contribution in [2.75, 3.05) is 6.54 Å². The Morgan fingerprint density at radius 3 is 2.63 bits per heavy atom.